The number of hydrogen-bond acceptors (Lipinski definition) is 5. The van der Waals surface area contributed by atoms with Crippen molar-refractivity contribution >= 4 is 11.9 Å². The van der Waals surface area contributed by atoms with E-state index in [4.69, 9.17) is 0 Å². The van der Waals surface area contributed by atoms with Gasteiger partial charge < -0.3 is 9.80 Å². The molecule has 5 nitrogen and oxygen atoms in total. The van der Waals surface area contributed by atoms with Crippen molar-refractivity contribution in [3.05, 3.63) is 5.82 Å². The fraction of sp³-hybridized carbons (Fsp3) is 0.727. The zero-order chi connectivity index (χ0) is 12.5. The molecule has 1 rings (SSSR count). The lowest BCUT2D eigenvalue weighted by Crippen LogP contribution is -2.24. The first-order valence-electron chi connectivity index (χ1n) is 5.33. The largest absolute Gasteiger partial charge is 0.347 e. The van der Waals surface area contributed by atoms with Gasteiger partial charge in [0.25, 0.3) is 0 Å². The highest BCUT2D eigenvalue weighted by Crippen LogP contribution is 2.21. The van der Waals surface area contributed by atoms with Crippen molar-refractivity contribution in [3.8, 4) is 0 Å². The van der Waals surface area contributed by atoms with Crippen molar-refractivity contribution in [3.63, 3.8) is 0 Å². The van der Waals surface area contributed by atoms with Crippen LogP contribution in [0.5, 0.6) is 0 Å². The molecule has 0 radical (unpaired) electrons. The molecule has 0 aliphatic rings. The predicted molar refractivity (Wildman–Crippen MR) is 67.2 cm³/mol. The predicted octanol–water partition coefficient (Wildman–Crippen LogP) is 1.30. The molecule has 5 heteroatoms. The minimum atomic E-state index is -0.0710. The van der Waals surface area contributed by atoms with Gasteiger partial charge in [0.2, 0.25) is 11.9 Å². The van der Waals surface area contributed by atoms with Gasteiger partial charge in [0, 0.05) is 33.6 Å². The highest BCUT2D eigenvalue weighted by molar-refractivity contribution is 5.37. The Hall–Kier alpha value is -1.39. The standard InChI is InChI=1S/C11H21N5/c1-11(2,3)8-12-9(15(4)5)14-10(13-8)16(6)7/h1-7H3. The Labute approximate surface area is 97.5 Å². The van der Waals surface area contributed by atoms with Crippen molar-refractivity contribution in [2.45, 2.75) is 26.2 Å². The Morgan fingerprint density at radius 2 is 1.12 bits per heavy atom. The molecule has 90 valence electrons. The summed E-state index contributed by atoms with van der Waals surface area (Å²) in [5, 5.41) is 0. The topological polar surface area (TPSA) is 45.2 Å². The van der Waals surface area contributed by atoms with Crippen LogP contribution in [0.3, 0.4) is 0 Å². The highest BCUT2D eigenvalue weighted by atomic mass is 15.3. The maximum Gasteiger partial charge on any atom is 0.229 e. The van der Waals surface area contributed by atoms with E-state index in [2.05, 4.69) is 35.7 Å². The van der Waals surface area contributed by atoms with Crippen molar-refractivity contribution in [1.82, 2.24) is 15.0 Å². The van der Waals surface area contributed by atoms with Crippen molar-refractivity contribution < 1.29 is 0 Å². The van der Waals surface area contributed by atoms with E-state index in [1.165, 1.54) is 0 Å². The summed E-state index contributed by atoms with van der Waals surface area (Å²) in [6.07, 6.45) is 0. The molecule has 0 amide bonds. The number of nitrogens with zero attached hydrogens (tertiary/aromatic N) is 5. The van der Waals surface area contributed by atoms with Crippen LogP contribution in [-0.2, 0) is 5.41 Å². The average molecular weight is 223 g/mol. The lowest BCUT2D eigenvalue weighted by molar-refractivity contribution is 0.541. The van der Waals surface area contributed by atoms with Crippen LogP contribution in [0, 0.1) is 0 Å². The van der Waals surface area contributed by atoms with Gasteiger partial charge in [-0.05, 0) is 0 Å². The van der Waals surface area contributed by atoms with Gasteiger partial charge in [-0.1, -0.05) is 20.8 Å². The fourth-order valence-corrected chi connectivity index (χ4v) is 1.09. The average Bonchev–Trinajstić information content (AvgIpc) is 2.15. The molecule has 0 unspecified atom stereocenters. The minimum Gasteiger partial charge on any atom is -0.347 e. The molecule has 1 heterocycles. The normalized spacial score (nSPS) is 11.4. The fourth-order valence-electron chi connectivity index (χ4n) is 1.09. The van der Waals surface area contributed by atoms with E-state index in [9.17, 15) is 0 Å². The van der Waals surface area contributed by atoms with E-state index >= 15 is 0 Å². The van der Waals surface area contributed by atoms with Gasteiger partial charge in [0.05, 0.1) is 0 Å². The van der Waals surface area contributed by atoms with Gasteiger partial charge in [-0.3, -0.25) is 0 Å². The van der Waals surface area contributed by atoms with Crippen LogP contribution in [0.2, 0.25) is 0 Å². The molecule has 0 fully saturated rings. The molecule has 0 N–H and O–H groups in total. The molecule has 0 saturated carbocycles. The summed E-state index contributed by atoms with van der Waals surface area (Å²) in [5.74, 6) is 2.21. The quantitative estimate of drug-likeness (QED) is 0.756. The van der Waals surface area contributed by atoms with Gasteiger partial charge in [-0.25, -0.2) is 0 Å². The molecule has 0 aromatic carbocycles. The van der Waals surface area contributed by atoms with Crippen molar-refractivity contribution in [1.29, 1.82) is 0 Å². The molecule has 0 atom stereocenters. The van der Waals surface area contributed by atoms with Crippen molar-refractivity contribution in [2.24, 2.45) is 0 Å². The zero-order valence-corrected chi connectivity index (χ0v) is 11.2. The molecule has 0 aliphatic heterocycles. The molecule has 16 heavy (non-hydrogen) atoms. The van der Waals surface area contributed by atoms with Gasteiger partial charge >= 0.3 is 0 Å². The first-order chi connectivity index (χ1) is 7.21. The van der Waals surface area contributed by atoms with Crippen LogP contribution in [0.1, 0.15) is 26.6 Å². The van der Waals surface area contributed by atoms with Crippen molar-refractivity contribution in [2.75, 3.05) is 38.0 Å². The van der Waals surface area contributed by atoms with Gasteiger partial charge in [0.15, 0.2) is 0 Å². The Morgan fingerprint density at radius 1 is 0.750 bits per heavy atom. The van der Waals surface area contributed by atoms with E-state index in [1.807, 2.05) is 38.0 Å². The number of hydrogen-bond donors (Lipinski definition) is 0. The Morgan fingerprint density at radius 3 is 1.38 bits per heavy atom. The summed E-state index contributed by atoms with van der Waals surface area (Å²) >= 11 is 0. The summed E-state index contributed by atoms with van der Waals surface area (Å²) in [4.78, 5) is 17.1. The monoisotopic (exact) mass is 223 g/mol. The first kappa shape index (κ1) is 12.7. The highest BCUT2D eigenvalue weighted by Gasteiger charge is 2.20. The SMILES string of the molecule is CN(C)c1nc(N(C)C)nc(C(C)(C)C)n1. The van der Waals surface area contributed by atoms with Crippen LogP contribution in [0.4, 0.5) is 11.9 Å². The molecule has 1 aromatic heterocycles. The Bertz CT molecular complexity index is 339. The Kier molecular flexibility index (Phi) is 3.35. The summed E-state index contributed by atoms with van der Waals surface area (Å²) in [5.41, 5.74) is -0.0710. The van der Waals surface area contributed by atoms with E-state index in [1.54, 1.807) is 0 Å². The second-order valence-electron chi connectivity index (χ2n) is 5.30. The number of aromatic nitrogens is 3. The van der Waals surface area contributed by atoms with Crippen LogP contribution < -0.4 is 9.80 Å². The molecule has 0 spiro atoms. The maximum absolute atomic E-state index is 4.46. The summed E-state index contributed by atoms with van der Waals surface area (Å²) in [6, 6.07) is 0. The van der Waals surface area contributed by atoms with Crippen LogP contribution in [-0.4, -0.2) is 43.1 Å². The van der Waals surface area contributed by atoms with E-state index in [0.717, 1.165) is 5.82 Å². The van der Waals surface area contributed by atoms with Gasteiger partial charge in [0.1, 0.15) is 5.82 Å². The number of anilines is 2. The lowest BCUT2D eigenvalue weighted by atomic mass is 9.96. The molecule has 0 saturated heterocycles. The van der Waals surface area contributed by atoms with Gasteiger partial charge in [-0.15, -0.1) is 0 Å². The van der Waals surface area contributed by atoms with Crippen LogP contribution >= 0.6 is 0 Å². The zero-order valence-electron chi connectivity index (χ0n) is 11.2. The molecule has 0 bridgehead atoms. The Balaban J connectivity index is 3.30. The smallest absolute Gasteiger partial charge is 0.229 e. The molecular weight excluding hydrogens is 202 g/mol. The summed E-state index contributed by atoms with van der Waals surface area (Å²) in [6.45, 7) is 6.30. The maximum atomic E-state index is 4.46. The van der Waals surface area contributed by atoms with Crippen LogP contribution in [0.25, 0.3) is 0 Å². The number of rotatable bonds is 2. The molecule has 1 aromatic rings. The molecule has 0 aliphatic carbocycles. The third-order valence-electron chi connectivity index (χ3n) is 2.08. The summed E-state index contributed by atoms with van der Waals surface area (Å²) in [7, 11) is 7.73. The van der Waals surface area contributed by atoms with E-state index < -0.39 is 0 Å². The summed E-state index contributed by atoms with van der Waals surface area (Å²) < 4.78 is 0. The third-order valence-corrected chi connectivity index (χ3v) is 2.08. The van der Waals surface area contributed by atoms with Crippen LogP contribution in [0.15, 0.2) is 0 Å². The van der Waals surface area contributed by atoms with E-state index in [-0.39, 0.29) is 5.41 Å². The van der Waals surface area contributed by atoms with E-state index in [0.29, 0.717) is 11.9 Å². The molecular formula is C11H21N5. The second kappa shape index (κ2) is 4.23. The first-order valence-corrected chi connectivity index (χ1v) is 5.33. The second-order valence-corrected chi connectivity index (χ2v) is 5.30. The minimum absolute atomic E-state index is 0.0710. The van der Waals surface area contributed by atoms with Gasteiger partial charge in [-0.2, -0.15) is 15.0 Å². The third kappa shape index (κ3) is 2.81. The lowest BCUT2D eigenvalue weighted by Gasteiger charge is -2.21.